The van der Waals surface area contributed by atoms with Gasteiger partial charge in [0.25, 0.3) is 0 Å². The van der Waals surface area contributed by atoms with Crippen molar-refractivity contribution in [1.82, 2.24) is 0 Å². The molecule has 4 aliphatic rings. The zero-order valence-corrected chi connectivity index (χ0v) is 15.1. The fraction of sp³-hybridized carbons (Fsp3) is 0.900. The van der Waals surface area contributed by atoms with Gasteiger partial charge in [-0.3, -0.25) is 0 Å². The maximum atomic E-state index is 11.6. The summed E-state index contributed by atoms with van der Waals surface area (Å²) in [6.45, 7) is 10.0. The van der Waals surface area contributed by atoms with Crippen LogP contribution in [0.2, 0.25) is 0 Å². The third-order valence-corrected chi connectivity index (χ3v) is 8.64. The Morgan fingerprint density at radius 3 is 2.29 bits per heavy atom. The molecule has 0 aromatic rings. The number of hydrogen-bond donors (Lipinski definition) is 4. The fourth-order valence-corrected chi connectivity index (χ4v) is 7.16. The largest absolute Gasteiger partial charge is 0.392 e. The standard InChI is InChI=1S/C20H32O4/c1-11-13-6-5-12-8-19(13,10-18(12,4)23)9-16(22)20(24)14(11)7-15(21)17(20,2)3/h12-16,21-24H,1,5-10H2,2-4H3/t12-,13+,14-,15+,16-,18-,19-,20+/m1/s1. The Labute approximate surface area is 144 Å². The van der Waals surface area contributed by atoms with Crippen LogP contribution in [-0.2, 0) is 0 Å². The second-order valence-electron chi connectivity index (χ2n) is 10.1. The molecule has 0 aromatic carbocycles. The van der Waals surface area contributed by atoms with Gasteiger partial charge in [0.1, 0.15) is 5.60 Å². The molecule has 0 aromatic heterocycles. The molecule has 0 heterocycles. The molecule has 4 nitrogen and oxygen atoms in total. The lowest BCUT2D eigenvalue weighted by molar-refractivity contribution is -0.169. The minimum atomic E-state index is -1.35. The maximum absolute atomic E-state index is 11.6. The number of aliphatic hydroxyl groups is 4. The number of rotatable bonds is 0. The highest BCUT2D eigenvalue weighted by atomic mass is 16.4. The van der Waals surface area contributed by atoms with E-state index in [1.165, 1.54) is 0 Å². The average molecular weight is 336 g/mol. The van der Waals surface area contributed by atoms with Crippen LogP contribution >= 0.6 is 0 Å². The number of hydrogen-bond acceptors (Lipinski definition) is 4. The van der Waals surface area contributed by atoms with Gasteiger partial charge in [-0.2, -0.15) is 0 Å². The normalized spacial score (nSPS) is 59.0. The van der Waals surface area contributed by atoms with Crippen molar-refractivity contribution in [2.75, 3.05) is 0 Å². The maximum Gasteiger partial charge on any atom is 0.105 e. The van der Waals surface area contributed by atoms with E-state index in [0.29, 0.717) is 19.3 Å². The van der Waals surface area contributed by atoms with E-state index in [9.17, 15) is 20.4 Å². The van der Waals surface area contributed by atoms with Crippen LogP contribution in [-0.4, -0.2) is 43.8 Å². The first-order chi connectivity index (χ1) is 11.0. The third-order valence-electron chi connectivity index (χ3n) is 8.64. The first-order valence-corrected chi connectivity index (χ1v) is 9.45. The van der Waals surface area contributed by atoms with Crippen molar-refractivity contribution in [3.05, 3.63) is 12.2 Å². The highest BCUT2D eigenvalue weighted by molar-refractivity contribution is 5.30. The Kier molecular flexibility index (Phi) is 3.29. The van der Waals surface area contributed by atoms with Crippen LogP contribution in [0.4, 0.5) is 0 Å². The second-order valence-corrected chi connectivity index (χ2v) is 10.1. The van der Waals surface area contributed by atoms with Crippen LogP contribution in [0.5, 0.6) is 0 Å². The monoisotopic (exact) mass is 336 g/mol. The van der Waals surface area contributed by atoms with E-state index in [1.807, 2.05) is 20.8 Å². The van der Waals surface area contributed by atoms with E-state index >= 15 is 0 Å². The number of fused-ring (bicyclic) bond motifs is 2. The predicted molar refractivity (Wildman–Crippen MR) is 91.1 cm³/mol. The average Bonchev–Trinajstić information content (AvgIpc) is 2.76. The van der Waals surface area contributed by atoms with Crippen molar-refractivity contribution in [3.63, 3.8) is 0 Å². The van der Waals surface area contributed by atoms with Gasteiger partial charge < -0.3 is 20.4 Å². The number of aliphatic hydroxyl groups excluding tert-OH is 2. The van der Waals surface area contributed by atoms with E-state index in [1.54, 1.807) is 0 Å². The molecule has 0 saturated heterocycles. The van der Waals surface area contributed by atoms with E-state index in [0.717, 1.165) is 24.8 Å². The molecule has 4 rings (SSSR count). The van der Waals surface area contributed by atoms with Crippen LogP contribution in [0.25, 0.3) is 0 Å². The van der Waals surface area contributed by atoms with Crippen molar-refractivity contribution in [3.8, 4) is 0 Å². The highest BCUT2D eigenvalue weighted by Gasteiger charge is 2.69. The molecule has 0 unspecified atom stereocenters. The molecular formula is C20H32O4. The zero-order valence-electron chi connectivity index (χ0n) is 15.1. The molecule has 4 saturated carbocycles. The van der Waals surface area contributed by atoms with Crippen molar-refractivity contribution in [1.29, 1.82) is 0 Å². The summed E-state index contributed by atoms with van der Waals surface area (Å²) >= 11 is 0. The Hall–Kier alpha value is -0.420. The second kappa shape index (κ2) is 4.64. The van der Waals surface area contributed by atoms with Gasteiger partial charge in [0, 0.05) is 11.3 Å². The summed E-state index contributed by atoms with van der Waals surface area (Å²) in [5.41, 5.74) is -1.98. The van der Waals surface area contributed by atoms with Crippen molar-refractivity contribution >= 4 is 0 Å². The van der Waals surface area contributed by atoms with Gasteiger partial charge in [-0.15, -0.1) is 0 Å². The molecular weight excluding hydrogens is 304 g/mol. The summed E-state index contributed by atoms with van der Waals surface area (Å²) in [4.78, 5) is 0. The Bertz CT molecular complexity index is 582. The van der Waals surface area contributed by atoms with E-state index < -0.39 is 28.8 Å². The molecule has 0 amide bonds. The van der Waals surface area contributed by atoms with Crippen molar-refractivity contribution in [2.45, 2.75) is 82.7 Å². The molecule has 4 aliphatic carbocycles. The summed E-state index contributed by atoms with van der Waals surface area (Å²) in [6, 6.07) is 0. The lowest BCUT2D eigenvalue weighted by Gasteiger charge is -2.45. The molecule has 4 N–H and O–H groups in total. The Morgan fingerprint density at radius 1 is 0.958 bits per heavy atom. The molecule has 8 atom stereocenters. The van der Waals surface area contributed by atoms with Crippen LogP contribution in [0.1, 0.15) is 59.3 Å². The molecule has 1 spiro atoms. The van der Waals surface area contributed by atoms with Crippen LogP contribution in [0, 0.1) is 28.6 Å². The molecule has 136 valence electrons. The Morgan fingerprint density at radius 2 is 1.62 bits per heavy atom. The lowest BCUT2D eigenvalue weighted by atomic mass is 9.63. The third kappa shape index (κ3) is 1.78. The van der Waals surface area contributed by atoms with Crippen LogP contribution in [0.3, 0.4) is 0 Å². The van der Waals surface area contributed by atoms with Gasteiger partial charge >= 0.3 is 0 Å². The van der Waals surface area contributed by atoms with Gasteiger partial charge in [0.2, 0.25) is 0 Å². The molecule has 2 bridgehead atoms. The zero-order chi connectivity index (χ0) is 17.7. The summed E-state index contributed by atoms with van der Waals surface area (Å²) in [5, 5.41) is 44.1. The SMILES string of the molecule is C=C1[C@H]2C[C@H](O)C(C)(C)[C@@]2(O)[C@H](O)C[C@@]23C[C@@H](CC[C@@H]12)[C@](C)(O)C3. The minimum Gasteiger partial charge on any atom is -0.392 e. The van der Waals surface area contributed by atoms with Gasteiger partial charge in [-0.1, -0.05) is 26.0 Å². The summed E-state index contributed by atoms with van der Waals surface area (Å²) in [6.07, 6.45) is 2.95. The van der Waals surface area contributed by atoms with Crippen molar-refractivity contribution < 1.29 is 20.4 Å². The lowest BCUT2D eigenvalue weighted by Crippen LogP contribution is -2.56. The quantitative estimate of drug-likeness (QED) is 0.510. The Balaban J connectivity index is 1.81. The van der Waals surface area contributed by atoms with Crippen molar-refractivity contribution in [2.24, 2.45) is 28.6 Å². The minimum absolute atomic E-state index is 0.163. The first-order valence-electron chi connectivity index (χ1n) is 9.45. The smallest absolute Gasteiger partial charge is 0.105 e. The first kappa shape index (κ1) is 17.0. The summed E-state index contributed by atoms with van der Waals surface area (Å²) in [7, 11) is 0. The summed E-state index contributed by atoms with van der Waals surface area (Å²) in [5.74, 6) is 0.224. The van der Waals surface area contributed by atoms with E-state index in [4.69, 9.17) is 0 Å². The van der Waals surface area contributed by atoms with Gasteiger partial charge in [-0.25, -0.2) is 0 Å². The fourth-order valence-electron chi connectivity index (χ4n) is 7.16. The van der Waals surface area contributed by atoms with Gasteiger partial charge in [0.15, 0.2) is 0 Å². The molecule has 0 aliphatic heterocycles. The van der Waals surface area contributed by atoms with E-state index in [-0.39, 0.29) is 23.2 Å². The van der Waals surface area contributed by atoms with Crippen LogP contribution in [0.15, 0.2) is 12.2 Å². The molecule has 4 fully saturated rings. The topological polar surface area (TPSA) is 80.9 Å². The highest BCUT2D eigenvalue weighted by Crippen LogP contribution is 2.68. The molecule has 24 heavy (non-hydrogen) atoms. The summed E-state index contributed by atoms with van der Waals surface area (Å²) < 4.78 is 0. The predicted octanol–water partition coefficient (Wildman–Crippen LogP) is 2.00. The molecule has 4 heteroatoms. The van der Waals surface area contributed by atoms with Gasteiger partial charge in [0.05, 0.1) is 17.8 Å². The molecule has 0 radical (unpaired) electrons. The van der Waals surface area contributed by atoms with Crippen LogP contribution < -0.4 is 0 Å². The van der Waals surface area contributed by atoms with E-state index in [2.05, 4.69) is 6.58 Å². The van der Waals surface area contributed by atoms with Gasteiger partial charge in [-0.05, 0) is 62.7 Å².